The molecule has 1 aliphatic heterocycles. The number of rotatable bonds is 4. The van der Waals surface area contributed by atoms with Gasteiger partial charge in [0, 0.05) is 18.1 Å². The summed E-state index contributed by atoms with van der Waals surface area (Å²) < 4.78 is 5.45. The van der Waals surface area contributed by atoms with Crippen molar-refractivity contribution in [2.45, 2.75) is 32.7 Å². The number of nitrogens with one attached hydrogen (secondary N) is 3. The summed E-state index contributed by atoms with van der Waals surface area (Å²) in [6.07, 6.45) is 1.97. The number of fused-ring (bicyclic) bond motifs is 2. The Hall–Kier alpha value is -4.08. The van der Waals surface area contributed by atoms with E-state index in [1.165, 1.54) is 6.33 Å². The fourth-order valence-corrected chi connectivity index (χ4v) is 3.57. The molecule has 10 heteroatoms. The van der Waals surface area contributed by atoms with Crippen LogP contribution in [0, 0.1) is 6.92 Å². The number of aryl methyl sites for hydroxylation is 1. The Morgan fingerprint density at radius 2 is 2.10 bits per heavy atom. The van der Waals surface area contributed by atoms with Gasteiger partial charge in [0.1, 0.15) is 23.5 Å². The molecule has 156 valence electrons. The van der Waals surface area contributed by atoms with E-state index in [4.69, 9.17) is 4.52 Å². The molecule has 0 unspecified atom stereocenters. The van der Waals surface area contributed by atoms with Crippen LogP contribution in [0.1, 0.15) is 46.8 Å². The van der Waals surface area contributed by atoms with Gasteiger partial charge in [0.25, 0.3) is 5.91 Å². The third-order valence-electron chi connectivity index (χ3n) is 5.20. The van der Waals surface area contributed by atoms with Crippen LogP contribution in [0.5, 0.6) is 0 Å². The van der Waals surface area contributed by atoms with E-state index in [9.17, 15) is 9.59 Å². The SMILES string of the molecule is Cc1ccc2nc(-c3cc([C@@H](C)NC(=O)c4ncnc5c4CCC(=O)N5)on3)[nH]c2c1. The van der Waals surface area contributed by atoms with Gasteiger partial charge in [0.15, 0.2) is 11.6 Å². The first-order chi connectivity index (χ1) is 15.0. The molecule has 10 nitrogen and oxygen atoms in total. The molecular formula is C21H19N7O3. The number of nitrogens with zero attached hydrogens (tertiary/aromatic N) is 4. The Bertz CT molecular complexity index is 1320. The average Bonchev–Trinajstić information content (AvgIpc) is 3.39. The van der Waals surface area contributed by atoms with Crippen LogP contribution in [0.15, 0.2) is 35.1 Å². The minimum atomic E-state index is -0.454. The molecule has 2 amide bonds. The Morgan fingerprint density at radius 1 is 1.23 bits per heavy atom. The summed E-state index contributed by atoms with van der Waals surface area (Å²) in [6, 6.07) is 7.24. The summed E-state index contributed by atoms with van der Waals surface area (Å²) in [7, 11) is 0. The van der Waals surface area contributed by atoms with Gasteiger partial charge in [0.05, 0.1) is 17.1 Å². The molecule has 0 spiro atoms. The number of carbonyl (C=O) groups is 2. The monoisotopic (exact) mass is 417 g/mol. The van der Waals surface area contributed by atoms with Gasteiger partial charge >= 0.3 is 0 Å². The fourth-order valence-electron chi connectivity index (χ4n) is 3.57. The number of benzene rings is 1. The number of amides is 2. The largest absolute Gasteiger partial charge is 0.358 e. The molecule has 5 rings (SSSR count). The molecule has 0 saturated heterocycles. The molecule has 0 saturated carbocycles. The summed E-state index contributed by atoms with van der Waals surface area (Å²) in [5.74, 6) is 0.956. The Labute approximate surface area is 176 Å². The molecule has 4 heterocycles. The van der Waals surface area contributed by atoms with E-state index in [0.29, 0.717) is 41.5 Å². The molecule has 0 bridgehead atoms. The quantitative estimate of drug-likeness (QED) is 0.464. The number of aromatic amines is 1. The number of hydrogen-bond acceptors (Lipinski definition) is 7. The normalized spacial score (nSPS) is 14.2. The van der Waals surface area contributed by atoms with Crippen molar-refractivity contribution >= 4 is 28.7 Å². The first-order valence-electron chi connectivity index (χ1n) is 9.86. The highest BCUT2D eigenvalue weighted by atomic mass is 16.5. The van der Waals surface area contributed by atoms with Gasteiger partial charge in [0.2, 0.25) is 5.91 Å². The Morgan fingerprint density at radius 3 is 2.97 bits per heavy atom. The first kappa shape index (κ1) is 18.9. The number of carbonyl (C=O) groups excluding carboxylic acids is 2. The van der Waals surface area contributed by atoms with Crippen LogP contribution in [-0.4, -0.2) is 36.9 Å². The lowest BCUT2D eigenvalue weighted by molar-refractivity contribution is -0.116. The molecular weight excluding hydrogens is 398 g/mol. The minimum absolute atomic E-state index is 0.124. The number of H-pyrrole nitrogens is 1. The highest BCUT2D eigenvalue weighted by molar-refractivity contribution is 5.99. The molecule has 1 atom stereocenters. The molecule has 0 fully saturated rings. The van der Waals surface area contributed by atoms with Crippen molar-refractivity contribution in [2.24, 2.45) is 0 Å². The van der Waals surface area contributed by atoms with E-state index in [2.05, 4.69) is 35.7 Å². The van der Waals surface area contributed by atoms with Crippen molar-refractivity contribution in [2.75, 3.05) is 5.32 Å². The predicted octanol–water partition coefficient (Wildman–Crippen LogP) is 2.69. The van der Waals surface area contributed by atoms with Crippen LogP contribution in [0.25, 0.3) is 22.6 Å². The van der Waals surface area contributed by atoms with Crippen molar-refractivity contribution < 1.29 is 14.1 Å². The van der Waals surface area contributed by atoms with E-state index in [1.807, 2.05) is 25.1 Å². The van der Waals surface area contributed by atoms with Crippen molar-refractivity contribution in [3.8, 4) is 11.5 Å². The molecule has 1 aromatic carbocycles. The van der Waals surface area contributed by atoms with Gasteiger partial charge in [-0.3, -0.25) is 9.59 Å². The van der Waals surface area contributed by atoms with Crippen molar-refractivity contribution in [1.29, 1.82) is 0 Å². The van der Waals surface area contributed by atoms with E-state index in [-0.39, 0.29) is 17.5 Å². The summed E-state index contributed by atoms with van der Waals surface area (Å²) >= 11 is 0. The van der Waals surface area contributed by atoms with Gasteiger partial charge < -0.3 is 20.1 Å². The lowest BCUT2D eigenvalue weighted by Gasteiger charge is -2.18. The van der Waals surface area contributed by atoms with Crippen LogP contribution < -0.4 is 10.6 Å². The van der Waals surface area contributed by atoms with Crippen molar-refractivity contribution in [3.05, 3.63) is 53.2 Å². The van der Waals surface area contributed by atoms with E-state index in [1.54, 1.807) is 13.0 Å². The lowest BCUT2D eigenvalue weighted by atomic mass is 10.0. The van der Waals surface area contributed by atoms with Gasteiger partial charge in [-0.1, -0.05) is 11.2 Å². The summed E-state index contributed by atoms with van der Waals surface area (Å²) in [5.41, 5.74) is 4.30. The average molecular weight is 417 g/mol. The number of anilines is 1. The third-order valence-corrected chi connectivity index (χ3v) is 5.20. The second-order valence-electron chi connectivity index (χ2n) is 7.51. The highest BCUT2D eigenvalue weighted by Crippen LogP contribution is 2.25. The zero-order valence-electron chi connectivity index (χ0n) is 16.9. The van der Waals surface area contributed by atoms with E-state index >= 15 is 0 Å². The molecule has 3 N–H and O–H groups in total. The van der Waals surface area contributed by atoms with Crippen LogP contribution in [0.2, 0.25) is 0 Å². The standard InChI is InChI=1S/C21H19N7O3/c1-10-3-5-13-14(7-10)26-20(25-13)15-8-16(31-28-15)11(2)24-21(30)18-12-4-6-17(29)27-19(12)23-9-22-18/h3,5,7-9,11H,4,6H2,1-2H3,(H,24,30)(H,25,26)(H,22,23,27,29)/t11-/m1/s1. The number of aromatic nitrogens is 5. The van der Waals surface area contributed by atoms with Crippen LogP contribution in [0.4, 0.5) is 5.82 Å². The maximum atomic E-state index is 12.8. The summed E-state index contributed by atoms with van der Waals surface area (Å²) in [5, 5.41) is 9.62. The zero-order valence-corrected chi connectivity index (χ0v) is 16.9. The maximum Gasteiger partial charge on any atom is 0.270 e. The predicted molar refractivity (Wildman–Crippen MR) is 111 cm³/mol. The smallest absolute Gasteiger partial charge is 0.270 e. The minimum Gasteiger partial charge on any atom is -0.358 e. The highest BCUT2D eigenvalue weighted by Gasteiger charge is 2.25. The second-order valence-corrected chi connectivity index (χ2v) is 7.51. The number of hydrogen-bond donors (Lipinski definition) is 3. The molecule has 0 radical (unpaired) electrons. The van der Waals surface area contributed by atoms with E-state index in [0.717, 1.165) is 16.6 Å². The van der Waals surface area contributed by atoms with Crippen LogP contribution in [-0.2, 0) is 11.2 Å². The molecule has 1 aliphatic rings. The van der Waals surface area contributed by atoms with E-state index < -0.39 is 6.04 Å². The van der Waals surface area contributed by atoms with Gasteiger partial charge in [-0.25, -0.2) is 15.0 Å². The second kappa shape index (κ2) is 7.31. The molecule has 0 aliphatic carbocycles. The van der Waals surface area contributed by atoms with Gasteiger partial charge in [-0.15, -0.1) is 0 Å². The maximum absolute atomic E-state index is 12.8. The van der Waals surface area contributed by atoms with Crippen molar-refractivity contribution in [3.63, 3.8) is 0 Å². The van der Waals surface area contributed by atoms with Crippen LogP contribution >= 0.6 is 0 Å². The Balaban J connectivity index is 1.35. The van der Waals surface area contributed by atoms with Gasteiger partial charge in [-0.05, 0) is 38.0 Å². The Kier molecular flexibility index (Phi) is 4.46. The first-order valence-corrected chi connectivity index (χ1v) is 9.86. The number of imidazole rings is 1. The van der Waals surface area contributed by atoms with Crippen molar-refractivity contribution in [1.82, 2.24) is 30.4 Å². The van der Waals surface area contributed by atoms with Gasteiger partial charge in [-0.2, -0.15) is 0 Å². The molecule has 31 heavy (non-hydrogen) atoms. The molecule has 3 aromatic heterocycles. The lowest BCUT2D eigenvalue weighted by Crippen LogP contribution is -2.30. The van der Waals surface area contributed by atoms with Crippen LogP contribution in [0.3, 0.4) is 0 Å². The topological polar surface area (TPSA) is 139 Å². The molecule has 4 aromatic rings. The summed E-state index contributed by atoms with van der Waals surface area (Å²) in [6.45, 7) is 3.81. The fraction of sp³-hybridized carbons (Fsp3) is 0.238. The summed E-state index contributed by atoms with van der Waals surface area (Å²) in [4.78, 5) is 40.3. The third kappa shape index (κ3) is 3.52. The zero-order chi connectivity index (χ0) is 21.5.